The van der Waals surface area contributed by atoms with Gasteiger partial charge in [-0.1, -0.05) is 25.7 Å². The maximum Gasteiger partial charge on any atom is 0.126 e. The molecule has 0 aromatic carbocycles. The average molecular weight is 282 g/mol. The Labute approximate surface area is 122 Å². The molecule has 0 radical (unpaired) electrons. The second-order valence-corrected chi connectivity index (χ2v) is 7.28. The summed E-state index contributed by atoms with van der Waals surface area (Å²) in [5.74, 6) is 0. The first-order chi connectivity index (χ1) is 9.64. The quantitative estimate of drug-likeness (QED) is 0.427. The fourth-order valence-electron chi connectivity index (χ4n) is 3.13. The van der Waals surface area contributed by atoms with Gasteiger partial charge in [0.25, 0.3) is 0 Å². The molecule has 2 aliphatic rings. The molecule has 1 unspecified atom stereocenters. The molecular formula is C17H30O3. The molecule has 0 bridgehead atoms. The SMILES string of the molecule is O=CC1(CCCCC(O)CCCCC2(CO)CC2)CC1. The van der Waals surface area contributed by atoms with Crippen molar-refractivity contribution in [2.45, 2.75) is 83.2 Å². The molecule has 3 heteroatoms. The van der Waals surface area contributed by atoms with Crippen molar-refractivity contribution in [3.63, 3.8) is 0 Å². The van der Waals surface area contributed by atoms with Crippen LogP contribution in [0.25, 0.3) is 0 Å². The van der Waals surface area contributed by atoms with E-state index in [1.807, 2.05) is 0 Å². The fraction of sp³-hybridized carbons (Fsp3) is 0.941. The van der Waals surface area contributed by atoms with E-state index in [-0.39, 0.29) is 16.9 Å². The number of carbonyl (C=O) groups excluding carboxylic acids is 1. The first kappa shape index (κ1) is 16.0. The third-order valence-electron chi connectivity index (χ3n) is 5.39. The van der Waals surface area contributed by atoms with Crippen molar-refractivity contribution in [1.29, 1.82) is 0 Å². The van der Waals surface area contributed by atoms with Gasteiger partial charge in [0.2, 0.25) is 0 Å². The minimum atomic E-state index is -0.175. The molecule has 0 aliphatic heterocycles. The van der Waals surface area contributed by atoms with Gasteiger partial charge in [-0.25, -0.2) is 0 Å². The van der Waals surface area contributed by atoms with E-state index in [1.165, 1.54) is 12.8 Å². The Balaban J connectivity index is 1.42. The molecular weight excluding hydrogens is 252 g/mol. The number of aldehydes is 1. The molecule has 0 aromatic heterocycles. The summed E-state index contributed by atoms with van der Waals surface area (Å²) >= 11 is 0. The predicted molar refractivity (Wildman–Crippen MR) is 79.4 cm³/mol. The van der Waals surface area contributed by atoms with E-state index in [9.17, 15) is 15.0 Å². The largest absolute Gasteiger partial charge is 0.396 e. The summed E-state index contributed by atoms with van der Waals surface area (Å²) in [6.45, 7) is 0.341. The molecule has 3 nitrogen and oxygen atoms in total. The Morgan fingerprint density at radius 1 is 0.950 bits per heavy atom. The summed E-state index contributed by atoms with van der Waals surface area (Å²) in [5.41, 5.74) is 0.298. The summed E-state index contributed by atoms with van der Waals surface area (Å²) in [6, 6.07) is 0. The summed E-state index contributed by atoms with van der Waals surface area (Å²) < 4.78 is 0. The van der Waals surface area contributed by atoms with Gasteiger partial charge in [0, 0.05) is 12.0 Å². The van der Waals surface area contributed by atoms with Crippen molar-refractivity contribution in [2.24, 2.45) is 10.8 Å². The van der Waals surface area contributed by atoms with Crippen LogP contribution in [-0.2, 0) is 4.79 Å². The Hall–Kier alpha value is -0.410. The molecule has 116 valence electrons. The lowest BCUT2D eigenvalue weighted by Gasteiger charge is -2.13. The zero-order valence-corrected chi connectivity index (χ0v) is 12.6. The molecule has 0 saturated heterocycles. The molecule has 0 amide bonds. The first-order valence-electron chi connectivity index (χ1n) is 8.39. The van der Waals surface area contributed by atoms with Crippen LogP contribution in [0.3, 0.4) is 0 Å². The van der Waals surface area contributed by atoms with Gasteiger partial charge < -0.3 is 15.0 Å². The highest BCUT2D eigenvalue weighted by molar-refractivity contribution is 5.63. The van der Waals surface area contributed by atoms with Crippen LogP contribution >= 0.6 is 0 Å². The smallest absolute Gasteiger partial charge is 0.126 e. The third-order valence-corrected chi connectivity index (χ3v) is 5.39. The third kappa shape index (κ3) is 4.85. The topological polar surface area (TPSA) is 57.5 Å². The summed E-state index contributed by atoms with van der Waals surface area (Å²) in [7, 11) is 0. The van der Waals surface area contributed by atoms with Crippen molar-refractivity contribution in [1.82, 2.24) is 0 Å². The summed E-state index contributed by atoms with van der Waals surface area (Å²) in [6.07, 6.45) is 13.7. The van der Waals surface area contributed by atoms with Crippen LogP contribution < -0.4 is 0 Å². The van der Waals surface area contributed by atoms with Crippen molar-refractivity contribution in [3.8, 4) is 0 Å². The van der Waals surface area contributed by atoms with Gasteiger partial charge in [0.05, 0.1) is 6.10 Å². The van der Waals surface area contributed by atoms with Crippen LogP contribution in [0.15, 0.2) is 0 Å². The molecule has 2 rings (SSSR count). The van der Waals surface area contributed by atoms with Gasteiger partial charge in [0.1, 0.15) is 6.29 Å². The summed E-state index contributed by atoms with van der Waals surface area (Å²) in [4.78, 5) is 10.8. The number of carbonyl (C=O) groups is 1. The minimum absolute atomic E-state index is 0.0355. The Morgan fingerprint density at radius 3 is 2.00 bits per heavy atom. The molecule has 0 heterocycles. The van der Waals surface area contributed by atoms with Gasteiger partial charge in [-0.15, -0.1) is 0 Å². The number of aliphatic hydroxyl groups is 2. The second kappa shape index (κ2) is 7.04. The molecule has 20 heavy (non-hydrogen) atoms. The fourth-order valence-corrected chi connectivity index (χ4v) is 3.13. The van der Waals surface area contributed by atoms with Gasteiger partial charge in [0.15, 0.2) is 0 Å². The number of unbranched alkanes of at least 4 members (excludes halogenated alkanes) is 2. The molecule has 1 atom stereocenters. The zero-order chi connectivity index (χ0) is 14.5. The van der Waals surface area contributed by atoms with Crippen molar-refractivity contribution >= 4 is 6.29 Å². The average Bonchev–Trinajstić information content (AvgIpc) is 3.36. The molecule has 2 N–H and O–H groups in total. The van der Waals surface area contributed by atoms with Crippen molar-refractivity contribution < 1.29 is 15.0 Å². The van der Waals surface area contributed by atoms with Crippen LogP contribution in [0, 0.1) is 10.8 Å². The van der Waals surface area contributed by atoms with Gasteiger partial charge >= 0.3 is 0 Å². The van der Waals surface area contributed by atoms with Crippen LogP contribution in [0.4, 0.5) is 0 Å². The molecule has 0 spiro atoms. The van der Waals surface area contributed by atoms with Crippen LogP contribution in [0.2, 0.25) is 0 Å². The lowest BCUT2D eigenvalue weighted by atomic mass is 9.96. The number of aliphatic hydroxyl groups excluding tert-OH is 2. The standard InChI is InChI=1S/C17H30O3/c18-13-16(9-10-16)7-3-1-5-15(20)6-2-4-8-17(14-19)11-12-17/h13,15,19-20H,1-12,14H2. The van der Waals surface area contributed by atoms with Gasteiger partial charge in [-0.05, 0) is 56.8 Å². The van der Waals surface area contributed by atoms with E-state index in [4.69, 9.17) is 0 Å². The number of hydrogen-bond acceptors (Lipinski definition) is 3. The first-order valence-corrected chi connectivity index (χ1v) is 8.39. The summed E-state index contributed by atoms with van der Waals surface area (Å²) in [5, 5.41) is 19.2. The normalized spacial score (nSPS) is 23.3. The Bertz CT molecular complexity index is 305. The predicted octanol–water partition coefficient (Wildman–Crippen LogP) is 3.22. The molecule has 2 fully saturated rings. The van der Waals surface area contributed by atoms with E-state index in [0.717, 1.165) is 70.5 Å². The highest BCUT2D eigenvalue weighted by Gasteiger charge is 2.41. The van der Waals surface area contributed by atoms with E-state index < -0.39 is 0 Å². The van der Waals surface area contributed by atoms with Crippen molar-refractivity contribution in [2.75, 3.05) is 6.61 Å². The minimum Gasteiger partial charge on any atom is -0.396 e. The number of hydrogen-bond donors (Lipinski definition) is 2. The Kier molecular flexibility index (Phi) is 5.62. The zero-order valence-electron chi connectivity index (χ0n) is 12.6. The van der Waals surface area contributed by atoms with Gasteiger partial charge in [-0.3, -0.25) is 0 Å². The van der Waals surface area contributed by atoms with E-state index in [2.05, 4.69) is 0 Å². The van der Waals surface area contributed by atoms with E-state index in [1.54, 1.807) is 0 Å². The van der Waals surface area contributed by atoms with Crippen LogP contribution in [0.5, 0.6) is 0 Å². The molecule has 0 aromatic rings. The lowest BCUT2D eigenvalue weighted by molar-refractivity contribution is -0.112. The van der Waals surface area contributed by atoms with Crippen LogP contribution in [-0.4, -0.2) is 29.2 Å². The van der Waals surface area contributed by atoms with Crippen LogP contribution in [0.1, 0.15) is 77.0 Å². The van der Waals surface area contributed by atoms with Gasteiger partial charge in [-0.2, -0.15) is 0 Å². The lowest BCUT2D eigenvalue weighted by Crippen LogP contribution is -2.09. The molecule has 2 aliphatic carbocycles. The van der Waals surface area contributed by atoms with E-state index >= 15 is 0 Å². The monoisotopic (exact) mass is 282 g/mol. The highest BCUT2D eigenvalue weighted by atomic mass is 16.3. The van der Waals surface area contributed by atoms with E-state index in [0.29, 0.717) is 6.61 Å². The Morgan fingerprint density at radius 2 is 1.55 bits per heavy atom. The maximum atomic E-state index is 10.8. The second-order valence-electron chi connectivity index (χ2n) is 7.28. The number of rotatable bonds is 12. The molecule has 2 saturated carbocycles. The van der Waals surface area contributed by atoms with Crippen molar-refractivity contribution in [3.05, 3.63) is 0 Å². The highest BCUT2D eigenvalue weighted by Crippen LogP contribution is 2.49. The maximum absolute atomic E-state index is 10.8.